The van der Waals surface area contributed by atoms with E-state index >= 15 is 0 Å². The molecule has 0 aliphatic carbocycles. The molecule has 0 bridgehead atoms. The molecular weight excluding hydrogens is 235 g/mol. The number of allylic oxidation sites excluding steroid dienone is 2. The molecule has 0 fully saturated rings. The van der Waals surface area contributed by atoms with Gasteiger partial charge < -0.3 is 0 Å². The summed E-state index contributed by atoms with van der Waals surface area (Å²) in [7, 11) is 0. The second-order valence-electron chi connectivity index (χ2n) is 3.05. The Morgan fingerprint density at radius 3 is 2.29 bits per heavy atom. The summed E-state index contributed by atoms with van der Waals surface area (Å²) in [5, 5.41) is 17.0. The van der Waals surface area contributed by atoms with Crippen LogP contribution < -0.4 is 0 Å². The van der Waals surface area contributed by atoms with E-state index in [0.29, 0.717) is 22.6 Å². The van der Waals surface area contributed by atoms with Crippen molar-refractivity contribution in [1.82, 2.24) is 0 Å². The molecule has 0 amide bonds. The van der Waals surface area contributed by atoms with Gasteiger partial charge in [0.2, 0.25) is 0 Å². The summed E-state index contributed by atoms with van der Waals surface area (Å²) in [6.45, 7) is 4.07. The van der Waals surface area contributed by atoms with E-state index in [1.807, 2.05) is 19.9 Å². The third-order valence-electron chi connectivity index (χ3n) is 1.59. The van der Waals surface area contributed by atoms with Crippen molar-refractivity contribution in [2.24, 2.45) is 5.92 Å². The molecule has 4 heteroatoms. The Hall–Kier alpha value is -1.03. The molecule has 1 atom stereocenters. The van der Waals surface area contributed by atoms with E-state index in [1.54, 1.807) is 0 Å². The number of hydrogen-bond donors (Lipinski definition) is 0. The molecular formula is C10H15GeN3. The van der Waals surface area contributed by atoms with Gasteiger partial charge in [-0.1, -0.05) is 11.6 Å². The maximum atomic E-state index is 8.60. The van der Waals surface area contributed by atoms with Gasteiger partial charge in [0.25, 0.3) is 0 Å². The topological polar surface area (TPSA) is 71.4 Å². The first-order valence-electron chi connectivity index (χ1n) is 4.36. The van der Waals surface area contributed by atoms with Crippen LogP contribution in [0.1, 0.15) is 33.1 Å². The SMILES string of the molecule is CC(C)=CCCC(C#N)CC#N.[N]#[GeH]. The molecule has 74 valence electrons. The Bertz CT molecular complexity index is 263. The standard InChI is InChI=1S/C10H14N2.GeHN/c1-9(2)4-3-5-10(8-12)6-7-11;1-2/h4,10H,3,5-6H2,1-2H3;1H. The molecule has 0 aromatic heterocycles. The predicted octanol–water partition coefficient (Wildman–Crippen LogP) is 2.15. The van der Waals surface area contributed by atoms with Gasteiger partial charge >= 0.3 is 20.3 Å². The number of nitriles is 2. The Morgan fingerprint density at radius 1 is 1.36 bits per heavy atom. The van der Waals surface area contributed by atoms with E-state index in [4.69, 9.17) is 14.7 Å². The van der Waals surface area contributed by atoms with E-state index in [2.05, 4.69) is 12.1 Å². The molecule has 3 nitrogen and oxygen atoms in total. The summed E-state index contributed by atoms with van der Waals surface area (Å²) in [5.41, 5.74) is 1.27. The second-order valence-corrected chi connectivity index (χ2v) is 3.05. The fourth-order valence-corrected chi connectivity index (χ4v) is 0.896. The van der Waals surface area contributed by atoms with Crippen molar-refractivity contribution in [3.63, 3.8) is 0 Å². The van der Waals surface area contributed by atoms with Gasteiger partial charge in [-0.15, -0.1) is 0 Å². The zero-order chi connectivity index (χ0) is 11.4. The van der Waals surface area contributed by atoms with Gasteiger partial charge in [-0.3, -0.25) is 0 Å². The Kier molecular flexibility index (Phi) is 13.2. The minimum atomic E-state index is -0.0920. The van der Waals surface area contributed by atoms with Crippen LogP contribution in [-0.4, -0.2) is 16.1 Å². The van der Waals surface area contributed by atoms with Crippen LogP contribution in [0.15, 0.2) is 11.6 Å². The van der Waals surface area contributed by atoms with E-state index in [-0.39, 0.29) is 5.92 Å². The fourth-order valence-electron chi connectivity index (χ4n) is 0.896. The van der Waals surface area contributed by atoms with Crippen LogP contribution in [0.4, 0.5) is 0 Å². The van der Waals surface area contributed by atoms with Crippen LogP contribution in [0.25, 0.3) is 0 Å². The number of nitrogens with zero attached hydrogens (tertiary/aromatic N) is 3. The molecule has 14 heavy (non-hydrogen) atoms. The summed E-state index contributed by atoms with van der Waals surface area (Å²) in [5.74, 6) is -0.0920. The molecule has 0 spiro atoms. The van der Waals surface area contributed by atoms with E-state index in [1.165, 1.54) is 5.57 Å². The first-order valence-corrected chi connectivity index (χ1v) is 5.44. The van der Waals surface area contributed by atoms with Crippen LogP contribution >= 0.6 is 0 Å². The molecule has 0 saturated heterocycles. The fraction of sp³-hybridized carbons (Fsp3) is 0.600. The summed E-state index contributed by atoms with van der Waals surface area (Å²) in [6.07, 6.45) is 4.16. The third-order valence-corrected chi connectivity index (χ3v) is 1.59. The molecule has 1 unspecified atom stereocenters. The summed E-state index contributed by atoms with van der Waals surface area (Å²) in [6, 6.07) is 4.14. The number of rotatable bonds is 4. The molecule has 0 heterocycles. The Balaban J connectivity index is 0. The number of hydrogen-bond acceptors (Lipinski definition) is 3. The minimum absolute atomic E-state index is 0.0920. The molecule has 0 radical (unpaired) electrons. The van der Waals surface area contributed by atoms with Gasteiger partial charge in [0, 0.05) is 0 Å². The van der Waals surface area contributed by atoms with Crippen LogP contribution in [0, 0.1) is 32.7 Å². The molecule has 0 aliphatic heterocycles. The second kappa shape index (κ2) is 12.0. The van der Waals surface area contributed by atoms with Crippen LogP contribution in [0.3, 0.4) is 0 Å². The third kappa shape index (κ3) is 11.0. The van der Waals surface area contributed by atoms with E-state index in [0.717, 1.165) is 12.8 Å². The van der Waals surface area contributed by atoms with Crippen LogP contribution in [0.5, 0.6) is 0 Å². The van der Waals surface area contributed by atoms with Crippen molar-refractivity contribution in [2.75, 3.05) is 0 Å². The predicted molar refractivity (Wildman–Crippen MR) is 56.9 cm³/mol. The molecule has 0 saturated carbocycles. The van der Waals surface area contributed by atoms with Crippen LogP contribution in [0.2, 0.25) is 0 Å². The Morgan fingerprint density at radius 2 is 1.93 bits per heavy atom. The van der Waals surface area contributed by atoms with Gasteiger partial charge in [-0.2, -0.15) is 10.5 Å². The van der Waals surface area contributed by atoms with Crippen LogP contribution in [-0.2, 0) is 0 Å². The summed E-state index contributed by atoms with van der Waals surface area (Å²) in [4.78, 5) is 0. The van der Waals surface area contributed by atoms with Crippen molar-refractivity contribution >= 4 is 16.1 Å². The zero-order valence-corrected chi connectivity index (χ0v) is 11.1. The Labute approximate surface area is 93.9 Å². The van der Waals surface area contributed by atoms with Gasteiger partial charge in [0.05, 0.1) is 24.5 Å². The van der Waals surface area contributed by atoms with Gasteiger partial charge in [-0.25, -0.2) is 0 Å². The molecule has 0 N–H and O–H groups in total. The van der Waals surface area contributed by atoms with Gasteiger partial charge in [-0.05, 0) is 26.7 Å². The van der Waals surface area contributed by atoms with E-state index < -0.39 is 0 Å². The van der Waals surface area contributed by atoms with Gasteiger partial charge in [0.1, 0.15) is 0 Å². The van der Waals surface area contributed by atoms with E-state index in [9.17, 15) is 0 Å². The van der Waals surface area contributed by atoms with Crippen molar-refractivity contribution in [1.29, 1.82) is 14.7 Å². The monoisotopic (exact) mass is 251 g/mol. The molecule has 0 rings (SSSR count). The summed E-state index contributed by atoms with van der Waals surface area (Å²) >= 11 is 0.688. The normalized spacial score (nSPS) is 9.57. The zero-order valence-electron chi connectivity index (χ0n) is 8.70. The molecule has 0 aromatic carbocycles. The summed E-state index contributed by atoms with van der Waals surface area (Å²) < 4.78 is 7.06. The first-order chi connectivity index (χ1) is 6.70. The van der Waals surface area contributed by atoms with Crippen molar-refractivity contribution in [3.8, 4) is 12.1 Å². The maximum absolute atomic E-state index is 8.60. The van der Waals surface area contributed by atoms with Crippen molar-refractivity contribution < 1.29 is 0 Å². The average Bonchev–Trinajstić information content (AvgIpc) is 2.19. The quantitative estimate of drug-likeness (QED) is 0.566. The molecule has 0 aromatic rings. The molecule has 0 aliphatic rings. The van der Waals surface area contributed by atoms with Crippen molar-refractivity contribution in [2.45, 2.75) is 33.1 Å². The average molecular weight is 250 g/mol. The first kappa shape index (κ1) is 15.4. The van der Waals surface area contributed by atoms with Crippen molar-refractivity contribution in [3.05, 3.63) is 11.6 Å². The van der Waals surface area contributed by atoms with Gasteiger partial charge in [0.15, 0.2) is 0 Å².